The summed E-state index contributed by atoms with van der Waals surface area (Å²) < 4.78 is 5.05. The zero-order valence-corrected chi connectivity index (χ0v) is 7.46. The number of ether oxygens (including phenoxy) is 1. The largest absolute Gasteiger partial charge is 0.497 e. The summed E-state index contributed by atoms with van der Waals surface area (Å²) in [6, 6.07) is 5.62. The Kier molecular flexibility index (Phi) is 2.05. The number of benzene rings is 1. The highest BCUT2D eigenvalue weighted by molar-refractivity contribution is 6.04. The van der Waals surface area contributed by atoms with Gasteiger partial charge in [-0.05, 0) is 30.5 Å². The molecule has 1 aliphatic rings. The Morgan fingerprint density at radius 2 is 2.31 bits per heavy atom. The van der Waals surface area contributed by atoms with E-state index in [2.05, 4.69) is 6.42 Å². The van der Waals surface area contributed by atoms with Crippen LogP contribution in [-0.4, -0.2) is 12.9 Å². The van der Waals surface area contributed by atoms with E-state index >= 15 is 0 Å². The van der Waals surface area contributed by atoms with Crippen LogP contribution in [0.3, 0.4) is 0 Å². The van der Waals surface area contributed by atoms with Gasteiger partial charge < -0.3 is 4.74 Å². The lowest BCUT2D eigenvalue weighted by molar-refractivity contribution is 0.102. The molecule has 0 amide bonds. The molecule has 13 heavy (non-hydrogen) atoms. The predicted molar refractivity (Wildman–Crippen MR) is 48.9 cm³/mol. The summed E-state index contributed by atoms with van der Waals surface area (Å²) in [5.74, 6) is 0.732. The number of hydrogen-bond acceptors (Lipinski definition) is 2. The van der Waals surface area contributed by atoms with Crippen molar-refractivity contribution in [2.45, 2.75) is 12.8 Å². The fraction of sp³-hybridized carbons (Fsp3) is 0.273. The minimum absolute atomic E-state index is 0.000139. The number of methoxy groups -OCH3 is 1. The van der Waals surface area contributed by atoms with Gasteiger partial charge in [0.05, 0.1) is 13.5 Å². The zero-order valence-electron chi connectivity index (χ0n) is 7.46. The lowest BCUT2D eigenvalue weighted by Crippen LogP contribution is -2.11. The van der Waals surface area contributed by atoms with Crippen molar-refractivity contribution in [1.82, 2.24) is 0 Å². The van der Waals surface area contributed by atoms with Crippen LogP contribution in [-0.2, 0) is 6.42 Å². The molecule has 0 spiro atoms. The van der Waals surface area contributed by atoms with Crippen LogP contribution in [0.15, 0.2) is 18.2 Å². The minimum atomic E-state index is 0.000139. The van der Waals surface area contributed by atoms with Gasteiger partial charge in [-0.3, -0.25) is 4.79 Å². The molecule has 1 aromatic carbocycles. The van der Waals surface area contributed by atoms with Crippen molar-refractivity contribution in [2.24, 2.45) is 0 Å². The lowest BCUT2D eigenvalue weighted by Gasteiger charge is -2.14. The van der Waals surface area contributed by atoms with Gasteiger partial charge in [-0.1, -0.05) is 6.07 Å². The van der Waals surface area contributed by atoms with Crippen molar-refractivity contribution in [1.29, 1.82) is 0 Å². The van der Waals surface area contributed by atoms with E-state index in [1.807, 2.05) is 12.1 Å². The van der Waals surface area contributed by atoms with E-state index < -0.39 is 0 Å². The number of hydrogen-bond donors (Lipinski definition) is 0. The van der Waals surface area contributed by atoms with Crippen LogP contribution in [0.25, 0.3) is 0 Å². The van der Waals surface area contributed by atoms with Crippen molar-refractivity contribution in [3.05, 3.63) is 35.7 Å². The second-order valence-electron chi connectivity index (χ2n) is 3.03. The minimum Gasteiger partial charge on any atom is -0.497 e. The van der Waals surface area contributed by atoms with Gasteiger partial charge in [0.15, 0.2) is 5.78 Å². The molecule has 0 N–H and O–H groups in total. The first kappa shape index (κ1) is 8.30. The number of Topliss-reactive ketones (excluding diaryl/α,β-unsaturated/α-hetero) is 1. The monoisotopic (exact) mass is 174 g/mol. The molecule has 2 heteroatoms. The average Bonchev–Trinajstić information content (AvgIpc) is 2.18. The molecule has 0 bridgehead atoms. The third kappa shape index (κ3) is 1.44. The van der Waals surface area contributed by atoms with Gasteiger partial charge in [-0.2, -0.15) is 0 Å². The molecule has 0 saturated carbocycles. The SMILES string of the molecule is COc1ccc2c(c1)C(=O)[C]CC2. The van der Waals surface area contributed by atoms with E-state index in [0.29, 0.717) is 0 Å². The Balaban J connectivity index is 2.47. The van der Waals surface area contributed by atoms with Crippen LogP contribution >= 0.6 is 0 Å². The number of rotatable bonds is 1. The van der Waals surface area contributed by atoms with Gasteiger partial charge >= 0.3 is 0 Å². The molecule has 0 unspecified atom stereocenters. The van der Waals surface area contributed by atoms with Crippen molar-refractivity contribution in [2.75, 3.05) is 7.11 Å². The van der Waals surface area contributed by atoms with Crippen LogP contribution in [0.2, 0.25) is 0 Å². The molecular formula is C11H10O2. The van der Waals surface area contributed by atoms with E-state index in [9.17, 15) is 4.79 Å². The highest BCUT2D eigenvalue weighted by Crippen LogP contribution is 2.24. The normalized spacial score (nSPS) is 15.3. The topological polar surface area (TPSA) is 26.3 Å². The molecule has 0 heterocycles. The summed E-state index contributed by atoms with van der Waals surface area (Å²) in [4.78, 5) is 11.4. The van der Waals surface area contributed by atoms with Gasteiger partial charge in [0.25, 0.3) is 0 Å². The van der Waals surface area contributed by atoms with Crippen molar-refractivity contribution in [3.8, 4) is 5.75 Å². The quantitative estimate of drug-likeness (QED) is 0.650. The van der Waals surface area contributed by atoms with Crippen molar-refractivity contribution in [3.63, 3.8) is 0 Å². The molecule has 2 rings (SSSR count). The molecule has 2 radical (unpaired) electrons. The second kappa shape index (κ2) is 3.21. The van der Waals surface area contributed by atoms with Crippen LogP contribution in [0, 0.1) is 6.42 Å². The zero-order chi connectivity index (χ0) is 9.26. The fourth-order valence-corrected chi connectivity index (χ4v) is 1.52. The summed E-state index contributed by atoms with van der Waals surface area (Å²) in [6.45, 7) is 0. The highest BCUT2D eigenvalue weighted by Gasteiger charge is 2.17. The highest BCUT2D eigenvalue weighted by atomic mass is 16.5. The number of carbonyl (C=O) groups is 1. The Hall–Kier alpha value is -1.31. The first-order valence-electron chi connectivity index (χ1n) is 4.26. The molecule has 1 aliphatic carbocycles. The number of fused-ring (bicyclic) bond motifs is 1. The molecule has 0 fully saturated rings. The maximum atomic E-state index is 11.4. The second-order valence-corrected chi connectivity index (χ2v) is 3.03. The number of aryl methyl sites for hydroxylation is 1. The molecule has 0 aromatic heterocycles. The third-order valence-electron chi connectivity index (χ3n) is 2.24. The Morgan fingerprint density at radius 1 is 1.46 bits per heavy atom. The summed E-state index contributed by atoms with van der Waals surface area (Å²) in [6.07, 6.45) is 4.44. The van der Waals surface area contributed by atoms with Crippen LogP contribution < -0.4 is 4.74 Å². The van der Waals surface area contributed by atoms with Crippen LogP contribution in [0.4, 0.5) is 0 Å². The van der Waals surface area contributed by atoms with E-state index in [1.54, 1.807) is 13.2 Å². The number of carbonyl (C=O) groups excluding carboxylic acids is 1. The molecule has 2 nitrogen and oxygen atoms in total. The molecule has 0 atom stereocenters. The van der Waals surface area contributed by atoms with E-state index in [-0.39, 0.29) is 5.78 Å². The van der Waals surface area contributed by atoms with Gasteiger partial charge in [0.1, 0.15) is 5.75 Å². The van der Waals surface area contributed by atoms with E-state index in [4.69, 9.17) is 4.74 Å². The molecule has 1 aromatic rings. The Bertz CT molecular complexity index is 342. The lowest BCUT2D eigenvalue weighted by atomic mass is 9.91. The molecule has 0 aliphatic heterocycles. The summed E-state index contributed by atoms with van der Waals surface area (Å²) >= 11 is 0. The van der Waals surface area contributed by atoms with E-state index in [1.165, 1.54) is 0 Å². The maximum absolute atomic E-state index is 11.4. The average molecular weight is 174 g/mol. The predicted octanol–water partition coefficient (Wildman–Crippen LogP) is 1.91. The summed E-state index contributed by atoms with van der Waals surface area (Å²) in [5.41, 5.74) is 1.84. The third-order valence-corrected chi connectivity index (χ3v) is 2.24. The summed E-state index contributed by atoms with van der Waals surface area (Å²) in [5, 5.41) is 0. The molecule has 66 valence electrons. The van der Waals surface area contributed by atoms with Gasteiger partial charge in [0, 0.05) is 5.56 Å². The molecular weight excluding hydrogens is 164 g/mol. The van der Waals surface area contributed by atoms with Crippen molar-refractivity contribution < 1.29 is 9.53 Å². The number of ketones is 1. The smallest absolute Gasteiger partial charge is 0.171 e. The van der Waals surface area contributed by atoms with Crippen LogP contribution in [0.5, 0.6) is 5.75 Å². The Labute approximate surface area is 77.5 Å². The first-order chi connectivity index (χ1) is 6.31. The van der Waals surface area contributed by atoms with Gasteiger partial charge in [-0.25, -0.2) is 0 Å². The fourth-order valence-electron chi connectivity index (χ4n) is 1.52. The van der Waals surface area contributed by atoms with Crippen molar-refractivity contribution >= 4 is 5.78 Å². The summed E-state index contributed by atoms with van der Waals surface area (Å²) in [7, 11) is 1.60. The first-order valence-corrected chi connectivity index (χ1v) is 4.26. The maximum Gasteiger partial charge on any atom is 0.171 e. The Morgan fingerprint density at radius 3 is 3.08 bits per heavy atom. The van der Waals surface area contributed by atoms with Crippen LogP contribution in [0.1, 0.15) is 22.3 Å². The standard InChI is InChI=1S/C11H10O2/c1-13-9-6-5-8-3-2-4-11(12)10(8)7-9/h5-7H,2-3H2,1H3. The molecule has 0 saturated heterocycles. The van der Waals surface area contributed by atoms with E-state index in [0.717, 1.165) is 29.7 Å². The van der Waals surface area contributed by atoms with Gasteiger partial charge in [-0.15, -0.1) is 0 Å². The van der Waals surface area contributed by atoms with Gasteiger partial charge in [0.2, 0.25) is 0 Å².